The predicted molar refractivity (Wildman–Crippen MR) is 43.2 cm³/mol. The lowest BCUT2D eigenvalue weighted by Gasteiger charge is -2.04. The molecule has 0 rings (SSSR count). The minimum Gasteiger partial charge on any atom is -0.452 e. The molecule has 0 heterocycles. The number of carbonyl (C=O) groups excluding carboxylic acids is 2. The molecule has 74 valence electrons. The van der Waals surface area contributed by atoms with Crippen molar-refractivity contribution in [1.82, 2.24) is 10.9 Å². The van der Waals surface area contributed by atoms with Crippen LogP contribution in [0.5, 0.6) is 0 Å². The molecule has 6 heteroatoms. The number of hydrogen-bond acceptors (Lipinski definition) is 3. The number of carbonyl (C=O) groups is 2. The molecule has 0 aliphatic heterocycles. The van der Waals surface area contributed by atoms with Crippen molar-refractivity contribution in [3.63, 3.8) is 0 Å². The third-order valence-electron chi connectivity index (χ3n) is 1.10. The van der Waals surface area contributed by atoms with E-state index < -0.39 is 17.8 Å². The zero-order valence-corrected chi connectivity index (χ0v) is 7.60. The normalized spacial score (nSPS) is 8.62. The van der Waals surface area contributed by atoms with Gasteiger partial charge in [-0.25, -0.2) is 14.6 Å². The highest BCUT2D eigenvalue weighted by Gasteiger charge is 2.10. The van der Waals surface area contributed by atoms with Gasteiger partial charge in [0.2, 0.25) is 0 Å². The Morgan fingerprint density at radius 2 is 1.77 bits per heavy atom. The lowest BCUT2D eigenvalue weighted by Crippen LogP contribution is -2.41. The topological polar surface area (TPSA) is 67.4 Å². The van der Waals surface area contributed by atoms with Gasteiger partial charge in [0.1, 0.15) is 0 Å². The van der Waals surface area contributed by atoms with Crippen molar-refractivity contribution >= 4 is 12.0 Å². The maximum Gasteiger partial charge on any atom is 0.425 e. The predicted octanol–water partition coefficient (Wildman–Crippen LogP) is 0.637. The number of ether oxygens (including phenoxy) is 1. The van der Waals surface area contributed by atoms with Gasteiger partial charge in [0.15, 0.2) is 5.83 Å². The highest BCUT2D eigenvalue weighted by molar-refractivity contribution is 5.92. The molecular weight excluding hydrogens is 179 g/mol. The minimum atomic E-state index is -1.01. The van der Waals surface area contributed by atoms with E-state index in [1.54, 1.807) is 0 Å². The first-order valence-electron chi connectivity index (χ1n) is 3.46. The van der Waals surface area contributed by atoms with Crippen LogP contribution in [-0.4, -0.2) is 19.1 Å². The van der Waals surface area contributed by atoms with Crippen molar-refractivity contribution < 1.29 is 18.7 Å². The number of nitrogens with one attached hydrogen (secondary N) is 2. The number of amides is 2. The minimum absolute atomic E-state index is 0.226. The molecule has 0 unspecified atom stereocenters. The molecule has 0 saturated carbocycles. The number of hydrogen-bond donors (Lipinski definition) is 2. The molecule has 5 nitrogen and oxygen atoms in total. The van der Waals surface area contributed by atoms with Crippen molar-refractivity contribution in [2.45, 2.75) is 13.8 Å². The molecule has 0 aromatic heterocycles. The quantitative estimate of drug-likeness (QED) is 0.471. The Balaban J connectivity index is 4.04. The van der Waals surface area contributed by atoms with E-state index >= 15 is 0 Å². The Hall–Kier alpha value is -1.59. The highest BCUT2D eigenvalue weighted by atomic mass is 19.1. The molecule has 0 atom stereocenters. The summed E-state index contributed by atoms with van der Waals surface area (Å²) in [5.74, 6) is -1.94. The van der Waals surface area contributed by atoms with Crippen molar-refractivity contribution in [3.05, 3.63) is 11.4 Å². The van der Waals surface area contributed by atoms with Crippen LogP contribution >= 0.6 is 0 Å². The highest BCUT2D eigenvalue weighted by Crippen LogP contribution is 2.03. The summed E-state index contributed by atoms with van der Waals surface area (Å²) in [5.41, 5.74) is 3.88. The molecule has 0 bridgehead atoms. The fourth-order valence-electron chi connectivity index (χ4n) is 0.441. The summed E-state index contributed by atoms with van der Waals surface area (Å²) < 4.78 is 16.9. The van der Waals surface area contributed by atoms with E-state index in [2.05, 4.69) is 4.74 Å². The summed E-state index contributed by atoms with van der Waals surface area (Å²) in [5, 5.41) is 0. The SMILES string of the molecule is COC(=O)NNC(=O)C(F)=C(C)C. The molecule has 0 spiro atoms. The van der Waals surface area contributed by atoms with E-state index in [0.717, 1.165) is 7.11 Å². The van der Waals surface area contributed by atoms with Gasteiger partial charge in [0.25, 0.3) is 5.91 Å². The van der Waals surface area contributed by atoms with Gasteiger partial charge in [0.05, 0.1) is 7.11 Å². The lowest BCUT2D eigenvalue weighted by molar-refractivity contribution is -0.119. The van der Waals surface area contributed by atoms with Crippen molar-refractivity contribution in [2.24, 2.45) is 0 Å². The molecular formula is C7H11FN2O3. The second kappa shape index (κ2) is 5.13. The van der Waals surface area contributed by atoms with Gasteiger partial charge in [0, 0.05) is 0 Å². The van der Waals surface area contributed by atoms with Crippen molar-refractivity contribution in [1.29, 1.82) is 0 Å². The molecule has 13 heavy (non-hydrogen) atoms. The largest absolute Gasteiger partial charge is 0.452 e. The maximum atomic E-state index is 12.7. The fraction of sp³-hybridized carbons (Fsp3) is 0.429. The summed E-state index contributed by atoms with van der Waals surface area (Å²) in [4.78, 5) is 21.2. The second-order valence-electron chi connectivity index (χ2n) is 2.38. The van der Waals surface area contributed by atoms with Gasteiger partial charge in [-0.05, 0) is 19.4 Å². The first-order chi connectivity index (χ1) is 5.99. The monoisotopic (exact) mass is 190 g/mol. The van der Waals surface area contributed by atoms with E-state index in [0.29, 0.717) is 0 Å². The Morgan fingerprint density at radius 1 is 1.23 bits per heavy atom. The molecule has 2 amide bonds. The number of methoxy groups -OCH3 is 1. The van der Waals surface area contributed by atoms with E-state index in [1.165, 1.54) is 13.8 Å². The molecule has 2 N–H and O–H groups in total. The van der Waals surface area contributed by atoms with Crippen LogP contribution in [0.2, 0.25) is 0 Å². The number of hydrazine groups is 1. The van der Waals surface area contributed by atoms with Crippen LogP contribution in [0, 0.1) is 0 Å². The van der Waals surface area contributed by atoms with Gasteiger partial charge in [-0.1, -0.05) is 0 Å². The van der Waals surface area contributed by atoms with Crippen molar-refractivity contribution in [3.8, 4) is 0 Å². The third kappa shape index (κ3) is 4.09. The van der Waals surface area contributed by atoms with E-state index in [1.807, 2.05) is 10.9 Å². The number of halogens is 1. The first-order valence-corrected chi connectivity index (χ1v) is 3.46. The third-order valence-corrected chi connectivity index (χ3v) is 1.10. The second-order valence-corrected chi connectivity index (χ2v) is 2.38. The lowest BCUT2D eigenvalue weighted by atomic mass is 10.3. The zero-order chi connectivity index (χ0) is 10.4. The molecule has 0 saturated heterocycles. The van der Waals surface area contributed by atoms with Gasteiger partial charge in [-0.2, -0.15) is 0 Å². The smallest absolute Gasteiger partial charge is 0.425 e. The Kier molecular flexibility index (Phi) is 4.50. The van der Waals surface area contributed by atoms with Crippen LogP contribution in [0.3, 0.4) is 0 Å². The Bertz CT molecular complexity index is 246. The molecule has 0 aliphatic rings. The summed E-state index contributed by atoms with van der Waals surface area (Å²) in [6.45, 7) is 2.88. The summed E-state index contributed by atoms with van der Waals surface area (Å²) in [7, 11) is 1.12. The number of rotatable bonds is 1. The van der Waals surface area contributed by atoms with Crippen LogP contribution < -0.4 is 10.9 Å². The van der Waals surface area contributed by atoms with Crippen LogP contribution in [0.4, 0.5) is 9.18 Å². The van der Waals surface area contributed by atoms with Gasteiger partial charge >= 0.3 is 6.09 Å². The summed E-state index contributed by atoms with van der Waals surface area (Å²) in [6, 6.07) is 0. The molecule has 0 aliphatic carbocycles. The first kappa shape index (κ1) is 11.4. The summed E-state index contributed by atoms with van der Waals surface area (Å²) in [6.07, 6.45) is -0.866. The summed E-state index contributed by atoms with van der Waals surface area (Å²) >= 11 is 0. The maximum absolute atomic E-state index is 12.7. The van der Waals surface area contributed by atoms with E-state index in [4.69, 9.17) is 0 Å². The Morgan fingerprint density at radius 3 is 2.15 bits per heavy atom. The van der Waals surface area contributed by atoms with Crippen LogP contribution in [0.1, 0.15) is 13.8 Å². The van der Waals surface area contributed by atoms with E-state index in [9.17, 15) is 14.0 Å². The zero-order valence-electron chi connectivity index (χ0n) is 7.60. The molecule has 0 aromatic carbocycles. The van der Waals surface area contributed by atoms with Gasteiger partial charge < -0.3 is 4.74 Å². The number of allylic oxidation sites excluding steroid dienone is 1. The van der Waals surface area contributed by atoms with Crippen molar-refractivity contribution in [2.75, 3.05) is 7.11 Å². The van der Waals surface area contributed by atoms with Gasteiger partial charge in [-0.3, -0.25) is 10.2 Å². The van der Waals surface area contributed by atoms with E-state index in [-0.39, 0.29) is 5.57 Å². The van der Waals surface area contributed by atoms with Crippen LogP contribution in [0.25, 0.3) is 0 Å². The molecule has 0 radical (unpaired) electrons. The molecule has 0 fully saturated rings. The van der Waals surface area contributed by atoms with Gasteiger partial charge in [-0.15, -0.1) is 0 Å². The van der Waals surface area contributed by atoms with Crippen LogP contribution in [0.15, 0.2) is 11.4 Å². The Labute approximate surface area is 74.9 Å². The molecule has 0 aromatic rings. The standard InChI is InChI=1S/C7H11FN2O3/c1-4(2)5(8)6(11)9-10-7(12)13-3/h1-3H3,(H,9,11)(H,10,12). The average molecular weight is 190 g/mol. The average Bonchev–Trinajstić information content (AvgIpc) is 2.11. The fourth-order valence-corrected chi connectivity index (χ4v) is 0.441. The van der Waals surface area contributed by atoms with Crippen LogP contribution in [-0.2, 0) is 9.53 Å².